The molecule has 1 aliphatic heterocycles. The summed E-state index contributed by atoms with van der Waals surface area (Å²) in [7, 11) is 1.56. The van der Waals surface area contributed by atoms with E-state index in [1.165, 1.54) is 0 Å². The smallest absolute Gasteiger partial charge is 0.306 e. The lowest BCUT2D eigenvalue weighted by Gasteiger charge is -2.07. The Morgan fingerprint density at radius 1 is 1.18 bits per heavy atom. The van der Waals surface area contributed by atoms with Crippen LogP contribution in [0.1, 0.15) is 4.88 Å². The normalized spacial score (nSPS) is 14.2. The van der Waals surface area contributed by atoms with Crippen LogP contribution in [-0.4, -0.2) is 18.0 Å². The second-order valence-corrected chi connectivity index (χ2v) is 7.42. The Morgan fingerprint density at radius 2 is 1.96 bits per heavy atom. The number of fused-ring (bicyclic) bond motifs is 1. The van der Waals surface area contributed by atoms with Gasteiger partial charge >= 0.3 is 4.87 Å². The van der Waals surface area contributed by atoms with Crippen LogP contribution in [0.15, 0.2) is 57.8 Å². The highest BCUT2D eigenvalue weighted by atomic mass is 35.5. The van der Waals surface area contributed by atoms with Gasteiger partial charge in [0.2, 0.25) is 0 Å². The molecule has 0 saturated carbocycles. The molecule has 2 N–H and O–H groups in total. The largest absolute Gasteiger partial charge is 0.497 e. The zero-order valence-electron chi connectivity index (χ0n) is 14.7. The van der Waals surface area contributed by atoms with Gasteiger partial charge in [-0.3, -0.25) is 14.6 Å². The number of nitrogens with zero attached hydrogens (tertiary/aromatic N) is 1. The number of aromatic amines is 1. The summed E-state index contributed by atoms with van der Waals surface area (Å²) in [6.07, 6.45) is 3.40. The van der Waals surface area contributed by atoms with Crippen molar-refractivity contribution in [1.29, 1.82) is 0 Å². The molecule has 2 aromatic carbocycles. The number of hydrogen-bond donors (Lipinski definition) is 2. The van der Waals surface area contributed by atoms with Crippen molar-refractivity contribution in [3.8, 4) is 5.75 Å². The lowest BCUT2D eigenvalue weighted by atomic mass is 10.1. The number of thiazole rings is 1. The van der Waals surface area contributed by atoms with Crippen molar-refractivity contribution in [2.75, 3.05) is 12.4 Å². The van der Waals surface area contributed by atoms with Crippen LogP contribution >= 0.6 is 22.9 Å². The van der Waals surface area contributed by atoms with Gasteiger partial charge in [0.15, 0.2) is 0 Å². The fourth-order valence-corrected chi connectivity index (χ4v) is 3.60. The zero-order valence-corrected chi connectivity index (χ0v) is 16.2. The minimum Gasteiger partial charge on any atom is -0.497 e. The number of aromatic nitrogens is 1. The van der Waals surface area contributed by atoms with Gasteiger partial charge in [0, 0.05) is 27.6 Å². The van der Waals surface area contributed by atoms with Crippen molar-refractivity contribution in [3.05, 3.63) is 78.2 Å². The quantitative estimate of drug-likeness (QED) is 0.646. The number of carbonyl (C=O) groups is 1. The van der Waals surface area contributed by atoms with Crippen LogP contribution in [0.2, 0.25) is 5.02 Å². The first-order chi connectivity index (χ1) is 13.5. The Kier molecular flexibility index (Phi) is 4.85. The van der Waals surface area contributed by atoms with Gasteiger partial charge in [-0.1, -0.05) is 22.9 Å². The number of H-pyrrole nitrogens is 1. The summed E-state index contributed by atoms with van der Waals surface area (Å²) in [4.78, 5) is 31.6. The van der Waals surface area contributed by atoms with E-state index in [4.69, 9.17) is 16.3 Å². The number of ether oxygens (including phenoxy) is 1. The molecular weight excluding hydrogens is 398 g/mol. The van der Waals surface area contributed by atoms with Gasteiger partial charge in [0.05, 0.1) is 17.3 Å². The van der Waals surface area contributed by atoms with Crippen molar-refractivity contribution in [3.63, 3.8) is 0 Å². The molecule has 0 unspecified atom stereocenters. The second kappa shape index (κ2) is 7.46. The first-order valence-electron chi connectivity index (χ1n) is 8.28. The molecule has 8 heteroatoms. The van der Waals surface area contributed by atoms with E-state index in [2.05, 4.69) is 15.3 Å². The maximum Gasteiger partial charge on any atom is 0.306 e. The molecule has 1 aliphatic rings. The predicted molar refractivity (Wildman–Crippen MR) is 111 cm³/mol. The SMILES string of the molecule is COc1ccc2c(c1)=NC(=O)C(=Cc1sc(=O)[nH]c1Nc1ccc(Cl)cc1)C=2. The number of halogens is 1. The summed E-state index contributed by atoms with van der Waals surface area (Å²) in [5, 5.41) is 5.12. The molecule has 3 aromatic rings. The van der Waals surface area contributed by atoms with Crippen LogP contribution < -0.4 is 25.5 Å². The molecule has 0 aliphatic carbocycles. The number of methoxy groups -OCH3 is 1. The lowest BCUT2D eigenvalue weighted by Crippen LogP contribution is -2.30. The molecule has 0 radical (unpaired) electrons. The van der Waals surface area contributed by atoms with E-state index < -0.39 is 0 Å². The fourth-order valence-electron chi connectivity index (χ4n) is 2.73. The van der Waals surface area contributed by atoms with E-state index in [0.29, 0.717) is 32.4 Å². The third kappa shape index (κ3) is 3.76. The standard InChI is InChI=1S/C20H14ClN3O3S/c1-27-15-7-2-11-8-12(19(25)23-16(11)10-15)9-17-18(24-20(26)28-17)22-14-5-3-13(21)4-6-14/h2-10,22H,1H3,(H,24,26). The van der Waals surface area contributed by atoms with Crippen LogP contribution in [0.5, 0.6) is 5.75 Å². The Labute approximate surface area is 168 Å². The topological polar surface area (TPSA) is 83.5 Å². The highest BCUT2D eigenvalue weighted by molar-refractivity contribution is 7.10. The van der Waals surface area contributed by atoms with Gasteiger partial charge in [-0.15, -0.1) is 0 Å². The van der Waals surface area contributed by atoms with Crippen molar-refractivity contribution < 1.29 is 9.53 Å². The molecule has 1 amide bonds. The van der Waals surface area contributed by atoms with Gasteiger partial charge in [0.25, 0.3) is 5.91 Å². The van der Waals surface area contributed by atoms with Crippen molar-refractivity contribution in [2.45, 2.75) is 0 Å². The number of carbonyl (C=O) groups excluding carboxylic acids is 1. The maximum atomic E-state index is 12.4. The number of benzene rings is 2. The molecule has 28 heavy (non-hydrogen) atoms. The molecule has 0 bridgehead atoms. The van der Waals surface area contributed by atoms with Crippen molar-refractivity contribution in [2.24, 2.45) is 4.99 Å². The first kappa shape index (κ1) is 18.2. The van der Waals surface area contributed by atoms with Gasteiger partial charge in [0.1, 0.15) is 11.6 Å². The molecule has 6 nitrogen and oxygen atoms in total. The first-order valence-corrected chi connectivity index (χ1v) is 9.47. The fraction of sp³-hybridized carbons (Fsp3) is 0.0500. The van der Waals surface area contributed by atoms with Crippen LogP contribution in [0.3, 0.4) is 0 Å². The highest BCUT2D eigenvalue weighted by Crippen LogP contribution is 2.25. The van der Waals surface area contributed by atoms with E-state index in [1.807, 2.05) is 6.07 Å². The Bertz CT molecular complexity index is 1270. The van der Waals surface area contributed by atoms with E-state index in [-0.39, 0.29) is 10.8 Å². The third-order valence-electron chi connectivity index (χ3n) is 4.09. The summed E-state index contributed by atoms with van der Waals surface area (Å²) >= 11 is 6.91. The average Bonchev–Trinajstić information content (AvgIpc) is 3.02. The summed E-state index contributed by atoms with van der Waals surface area (Å²) in [6, 6.07) is 12.4. The zero-order chi connectivity index (χ0) is 19.7. The number of hydrogen-bond acceptors (Lipinski definition) is 5. The summed E-state index contributed by atoms with van der Waals surface area (Å²) < 4.78 is 5.17. The molecule has 4 rings (SSSR count). The predicted octanol–water partition coefficient (Wildman–Crippen LogP) is 2.87. The number of rotatable bonds is 4. The number of nitrogens with one attached hydrogen (secondary N) is 2. The highest BCUT2D eigenvalue weighted by Gasteiger charge is 2.14. The Morgan fingerprint density at radius 3 is 2.71 bits per heavy atom. The van der Waals surface area contributed by atoms with Gasteiger partial charge < -0.3 is 10.1 Å². The number of amides is 1. The van der Waals surface area contributed by atoms with E-state index in [1.54, 1.807) is 55.7 Å². The van der Waals surface area contributed by atoms with E-state index >= 15 is 0 Å². The average molecular weight is 412 g/mol. The molecule has 0 saturated heterocycles. The molecule has 2 heterocycles. The maximum absolute atomic E-state index is 12.4. The summed E-state index contributed by atoms with van der Waals surface area (Å²) in [6.45, 7) is 0. The summed E-state index contributed by atoms with van der Waals surface area (Å²) in [5.74, 6) is 0.764. The monoisotopic (exact) mass is 411 g/mol. The van der Waals surface area contributed by atoms with Crippen LogP contribution in [0, 0.1) is 0 Å². The molecule has 1 aromatic heterocycles. The Hall–Kier alpha value is -3.16. The van der Waals surface area contributed by atoms with Crippen LogP contribution in [0.25, 0.3) is 12.2 Å². The molecule has 0 atom stereocenters. The van der Waals surface area contributed by atoms with Crippen LogP contribution in [-0.2, 0) is 4.79 Å². The van der Waals surface area contributed by atoms with Gasteiger partial charge in [-0.05, 0) is 48.6 Å². The van der Waals surface area contributed by atoms with E-state index in [0.717, 1.165) is 22.2 Å². The molecule has 0 spiro atoms. The Balaban J connectivity index is 1.72. The van der Waals surface area contributed by atoms with Crippen molar-refractivity contribution >= 4 is 52.5 Å². The second-order valence-electron chi connectivity index (χ2n) is 5.97. The minimum atomic E-state index is -0.376. The summed E-state index contributed by atoms with van der Waals surface area (Å²) in [5.41, 5.74) is 1.16. The lowest BCUT2D eigenvalue weighted by molar-refractivity contribution is -0.114. The van der Waals surface area contributed by atoms with E-state index in [9.17, 15) is 9.59 Å². The van der Waals surface area contributed by atoms with Gasteiger partial charge in [-0.25, -0.2) is 4.99 Å². The molecule has 0 fully saturated rings. The number of anilines is 2. The third-order valence-corrected chi connectivity index (χ3v) is 5.18. The molecular formula is C20H14ClN3O3S. The van der Waals surface area contributed by atoms with Crippen molar-refractivity contribution in [1.82, 2.24) is 4.98 Å². The van der Waals surface area contributed by atoms with Crippen LogP contribution in [0.4, 0.5) is 11.5 Å². The molecule has 140 valence electrons. The minimum absolute atomic E-state index is 0.228. The van der Waals surface area contributed by atoms with Gasteiger partial charge in [-0.2, -0.15) is 0 Å².